The summed E-state index contributed by atoms with van der Waals surface area (Å²) in [5.41, 5.74) is 9.01. The molecule has 0 fully saturated rings. The molecule has 36 heavy (non-hydrogen) atoms. The Kier molecular flexibility index (Phi) is 7.70. The van der Waals surface area contributed by atoms with Crippen molar-refractivity contribution in [1.29, 1.82) is 0 Å². The number of anilines is 1. The zero-order valence-electron chi connectivity index (χ0n) is 20.3. The molecule has 1 heterocycles. The predicted octanol–water partition coefficient (Wildman–Crippen LogP) is 4.90. The van der Waals surface area contributed by atoms with Gasteiger partial charge in [0.25, 0.3) is 5.91 Å². The van der Waals surface area contributed by atoms with Gasteiger partial charge in [0.1, 0.15) is 5.75 Å². The fourth-order valence-electron chi connectivity index (χ4n) is 3.81. The fourth-order valence-corrected chi connectivity index (χ4v) is 4.56. The molecule has 3 N–H and O–H groups in total. The molecule has 0 spiro atoms. The summed E-state index contributed by atoms with van der Waals surface area (Å²) in [6.45, 7) is 4.26. The van der Waals surface area contributed by atoms with E-state index in [2.05, 4.69) is 35.4 Å². The monoisotopic (exact) mass is 501 g/mol. The lowest BCUT2D eigenvalue weighted by Gasteiger charge is -2.17. The second-order valence-corrected chi connectivity index (χ2v) is 9.27. The van der Waals surface area contributed by atoms with Gasteiger partial charge in [-0.3, -0.25) is 14.2 Å². The van der Waals surface area contributed by atoms with E-state index in [4.69, 9.17) is 10.5 Å². The smallest absolute Gasteiger partial charge is 0.250 e. The van der Waals surface area contributed by atoms with E-state index in [0.717, 1.165) is 22.6 Å². The van der Waals surface area contributed by atoms with Crippen LogP contribution < -0.4 is 15.8 Å². The molecule has 0 bridgehead atoms. The van der Waals surface area contributed by atoms with E-state index < -0.39 is 5.91 Å². The van der Waals surface area contributed by atoms with Gasteiger partial charge < -0.3 is 15.8 Å². The molecule has 0 atom stereocenters. The van der Waals surface area contributed by atoms with Crippen LogP contribution in [0.5, 0.6) is 5.75 Å². The number of thioether (sulfide) groups is 1. The van der Waals surface area contributed by atoms with Crippen LogP contribution in [0, 0.1) is 0 Å². The molecule has 0 aliphatic rings. The number of carbonyl (C=O) groups is 2. The summed E-state index contributed by atoms with van der Waals surface area (Å²) < 4.78 is 7.27. The van der Waals surface area contributed by atoms with Gasteiger partial charge >= 0.3 is 0 Å². The van der Waals surface area contributed by atoms with Crippen molar-refractivity contribution in [2.24, 2.45) is 5.73 Å². The Bertz CT molecular complexity index is 1380. The van der Waals surface area contributed by atoms with Crippen molar-refractivity contribution in [3.63, 3.8) is 0 Å². The van der Waals surface area contributed by atoms with Gasteiger partial charge in [-0.25, -0.2) is 0 Å². The van der Waals surface area contributed by atoms with E-state index in [1.54, 1.807) is 31.4 Å². The number of primary amides is 1. The van der Waals surface area contributed by atoms with Crippen LogP contribution >= 0.6 is 11.8 Å². The Morgan fingerprint density at radius 1 is 1.00 bits per heavy atom. The number of methoxy groups -OCH3 is 1. The minimum atomic E-state index is -0.604. The first-order valence-corrected chi connectivity index (χ1v) is 12.4. The summed E-state index contributed by atoms with van der Waals surface area (Å²) in [6.07, 6.45) is 0. The van der Waals surface area contributed by atoms with E-state index in [9.17, 15) is 9.59 Å². The normalized spacial score (nSPS) is 10.9. The number of rotatable bonds is 9. The SMILES string of the molecule is COc1ccc(-c2nnc(SCC(=O)Nc3ccccc3C(N)=O)n2-c2ccccc2C(C)C)cc1. The van der Waals surface area contributed by atoms with Crippen LogP contribution in [0.25, 0.3) is 17.1 Å². The number of hydrogen-bond acceptors (Lipinski definition) is 6. The molecule has 2 amide bonds. The first-order valence-electron chi connectivity index (χ1n) is 11.4. The molecule has 4 rings (SSSR count). The van der Waals surface area contributed by atoms with Gasteiger partial charge in [-0.1, -0.05) is 55.9 Å². The molecule has 9 heteroatoms. The third-order valence-corrected chi connectivity index (χ3v) is 6.51. The molecule has 3 aromatic carbocycles. The minimum Gasteiger partial charge on any atom is -0.497 e. The summed E-state index contributed by atoms with van der Waals surface area (Å²) in [5.74, 6) is 0.845. The molecule has 0 radical (unpaired) electrons. The quantitative estimate of drug-likeness (QED) is 0.316. The Morgan fingerprint density at radius 3 is 2.39 bits per heavy atom. The molecule has 0 aliphatic carbocycles. The average molecular weight is 502 g/mol. The number of nitrogens with two attached hydrogens (primary N) is 1. The number of nitrogens with one attached hydrogen (secondary N) is 1. The van der Waals surface area contributed by atoms with E-state index in [-0.39, 0.29) is 23.1 Å². The van der Waals surface area contributed by atoms with Crippen LogP contribution in [0.15, 0.2) is 78.0 Å². The number of aromatic nitrogens is 3. The van der Waals surface area contributed by atoms with Gasteiger partial charge in [-0.15, -0.1) is 10.2 Å². The molecule has 0 aliphatic heterocycles. The molecule has 0 unspecified atom stereocenters. The number of nitrogens with zero attached hydrogens (tertiary/aromatic N) is 3. The van der Waals surface area contributed by atoms with E-state index in [1.165, 1.54) is 11.8 Å². The Hall–Kier alpha value is -4.11. The lowest BCUT2D eigenvalue weighted by Crippen LogP contribution is -2.19. The highest BCUT2D eigenvalue weighted by atomic mass is 32.2. The van der Waals surface area contributed by atoms with Crippen LogP contribution in [0.1, 0.15) is 35.7 Å². The van der Waals surface area contributed by atoms with Crippen molar-refractivity contribution < 1.29 is 14.3 Å². The van der Waals surface area contributed by atoms with Crippen LogP contribution in [-0.4, -0.2) is 39.4 Å². The van der Waals surface area contributed by atoms with E-state index >= 15 is 0 Å². The lowest BCUT2D eigenvalue weighted by atomic mass is 10.0. The lowest BCUT2D eigenvalue weighted by molar-refractivity contribution is -0.113. The number of carbonyl (C=O) groups excluding carboxylic acids is 2. The zero-order chi connectivity index (χ0) is 25.7. The standard InChI is InChI=1S/C27H27N5O3S/c1-17(2)20-8-5-7-11-23(20)32-26(18-12-14-19(35-3)15-13-18)30-31-27(32)36-16-24(33)29-22-10-6-4-9-21(22)25(28)34/h4-15,17H,16H2,1-3H3,(H2,28,34)(H,29,33). The summed E-state index contributed by atoms with van der Waals surface area (Å²) in [4.78, 5) is 24.5. The molecule has 0 saturated carbocycles. The molecule has 184 valence electrons. The number of benzene rings is 3. The molecular formula is C27H27N5O3S. The number of para-hydroxylation sites is 2. The second-order valence-electron chi connectivity index (χ2n) is 8.33. The van der Waals surface area contributed by atoms with Gasteiger partial charge in [0.2, 0.25) is 5.91 Å². The van der Waals surface area contributed by atoms with Crippen molar-refractivity contribution in [3.8, 4) is 22.8 Å². The van der Waals surface area contributed by atoms with Gasteiger partial charge in [0, 0.05) is 5.56 Å². The summed E-state index contributed by atoms with van der Waals surface area (Å²) in [7, 11) is 1.62. The van der Waals surface area contributed by atoms with Crippen LogP contribution in [0.2, 0.25) is 0 Å². The highest BCUT2D eigenvalue weighted by molar-refractivity contribution is 7.99. The fraction of sp³-hybridized carbons (Fsp3) is 0.185. The second kappa shape index (κ2) is 11.1. The molecule has 4 aromatic rings. The van der Waals surface area contributed by atoms with E-state index in [1.807, 2.05) is 47.0 Å². The highest BCUT2D eigenvalue weighted by Gasteiger charge is 2.20. The van der Waals surface area contributed by atoms with Crippen molar-refractivity contribution >= 4 is 29.3 Å². The van der Waals surface area contributed by atoms with Crippen molar-refractivity contribution in [3.05, 3.63) is 83.9 Å². The maximum Gasteiger partial charge on any atom is 0.250 e. The van der Waals surface area contributed by atoms with Gasteiger partial charge in [-0.05, 0) is 53.9 Å². The van der Waals surface area contributed by atoms with Crippen LogP contribution in [-0.2, 0) is 4.79 Å². The third-order valence-electron chi connectivity index (χ3n) is 5.58. The Balaban J connectivity index is 1.67. The first kappa shape index (κ1) is 25.0. The third kappa shape index (κ3) is 5.41. The summed E-state index contributed by atoms with van der Waals surface area (Å²) >= 11 is 1.26. The zero-order valence-corrected chi connectivity index (χ0v) is 21.1. The van der Waals surface area contributed by atoms with Crippen LogP contribution in [0.3, 0.4) is 0 Å². The number of amides is 2. The minimum absolute atomic E-state index is 0.0672. The van der Waals surface area contributed by atoms with Gasteiger partial charge in [0.15, 0.2) is 11.0 Å². The first-order chi connectivity index (χ1) is 17.4. The van der Waals surface area contributed by atoms with Crippen molar-refractivity contribution in [2.45, 2.75) is 24.9 Å². The molecule has 0 saturated heterocycles. The molecule has 8 nitrogen and oxygen atoms in total. The number of hydrogen-bond donors (Lipinski definition) is 2. The molecule has 1 aromatic heterocycles. The summed E-state index contributed by atoms with van der Waals surface area (Å²) in [6, 6.07) is 22.3. The average Bonchev–Trinajstić information content (AvgIpc) is 3.31. The van der Waals surface area contributed by atoms with Crippen molar-refractivity contribution in [2.75, 3.05) is 18.2 Å². The topological polar surface area (TPSA) is 112 Å². The van der Waals surface area contributed by atoms with Gasteiger partial charge in [0.05, 0.1) is 29.8 Å². The number of ether oxygens (including phenoxy) is 1. The van der Waals surface area contributed by atoms with Crippen LogP contribution in [0.4, 0.5) is 5.69 Å². The largest absolute Gasteiger partial charge is 0.497 e. The Labute approximate surface area is 213 Å². The van der Waals surface area contributed by atoms with Gasteiger partial charge in [-0.2, -0.15) is 0 Å². The molecular weight excluding hydrogens is 474 g/mol. The highest BCUT2D eigenvalue weighted by Crippen LogP contribution is 2.32. The van der Waals surface area contributed by atoms with E-state index in [0.29, 0.717) is 16.7 Å². The Morgan fingerprint density at radius 2 is 1.69 bits per heavy atom. The predicted molar refractivity (Wildman–Crippen MR) is 142 cm³/mol. The maximum absolute atomic E-state index is 12.8. The summed E-state index contributed by atoms with van der Waals surface area (Å²) in [5, 5.41) is 12.2. The maximum atomic E-state index is 12.8. The van der Waals surface area contributed by atoms with Crippen molar-refractivity contribution in [1.82, 2.24) is 14.8 Å².